The van der Waals surface area contributed by atoms with Gasteiger partial charge in [0.25, 0.3) is 0 Å². The van der Waals surface area contributed by atoms with E-state index in [4.69, 9.17) is 0 Å². The van der Waals surface area contributed by atoms with Crippen molar-refractivity contribution in [3.8, 4) is 0 Å². The van der Waals surface area contributed by atoms with E-state index >= 15 is 0 Å². The third-order valence-electron chi connectivity index (χ3n) is 4.92. The summed E-state index contributed by atoms with van der Waals surface area (Å²) in [7, 11) is 0. The predicted octanol–water partition coefficient (Wildman–Crippen LogP) is 3.33. The maximum atomic E-state index is 12.9. The van der Waals surface area contributed by atoms with Crippen LogP contribution in [0.5, 0.6) is 0 Å². The van der Waals surface area contributed by atoms with Crippen LogP contribution in [-0.4, -0.2) is 34.2 Å². The average molecular weight is 324 g/mol. The van der Waals surface area contributed by atoms with Crippen molar-refractivity contribution in [2.24, 2.45) is 0 Å². The van der Waals surface area contributed by atoms with Crippen LogP contribution in [-0.2, 0) is 0 Å². The van der Waals surface area contributed by atoms with E-state index in [-0.39, 0.29) is 12.1 Å². The molecule has 0 aliphatic carbocycles. The molecule has 1 aliphatic heterocycles. The van der Waals surface area contributed by atoms with Crippen LogP contribution in [0, 0.1) is 0 Å². The number of likely N-dealkylation sites (tertiary alicyclic amines) is 1. The molecule has 2 aromatic rings. The van der Waals surface area contributed by atoms with Crippen LogP contribution in [0.25, 0.3) is 0 Å². The summed E-state index contributed by atoms with van der Waals surface area (Å²) in [6.45, 7) is 4.38. The molecule has 1 fully saturated rings. The minimum atomic E-state index is -0.554. The number of carbonyl (C=O) groups excluding carboxylic acids is 1. The van der Waals surface area contributed by atoms with E-state index in [9.17, 15) is 9.90 Å². The monoisotopic (exact) mass is 324 g/mol. The number of rotatable bonds is 3. The Balaban J connectivity index is 1.87. The predicted molar refractivity (Wildman–Crippen MR) is 94.7 cm³/mol. The standard InChI is InChI=1S/C20H24N2O2/c1-20(2)17(23)13-14-22(20)19(24)21-18(15-9-5-3-6-10-15)16-11-7-4-8-12-16/h3-12,17-18,23H,13-14H2,1-2H3,(H,21,24). The molecule has 1 saturated heterocycles. The summed E-state index contributed by atoms with van der Waals surface area (Å²) < 4.78 is 0. The van der Waals surface area contributed by atoms with Gasteiger partial charge in [-0.25, -0.2) is 4.79 Å². The molecule has 126 valence electrons. The largest absolute Gasteiger partial charge is 0.391 e. The Hall–Kier alpha value is -2.33. The summed E-state index contributed by atoms with van der Waals surface area (Å²) in [4.78, 5) is 14.6. The van der Waals surface area contributed by atoms with Crippen LogP contribution in [0.3, 0.4) is 0 Å². The molecule has 1 atom stereocenters. The van der Waals surface area contributed by atoms with Gasteiger partial charge >= 0.3 is 6.03 Å². The highest BCUT2D eigenvalue weighted by atomic mass is 16.3. The van der Waals surface area contributed by atoms with Crippen molar-refractivity contribution in [3.63, 3.8) is 0 Å². The molecule has 0 saturated carbocycles. The Morgan fingerprint density at radius 2 is 1.58 bits per heavy atom. The van der Waals surface area contributed by atoms with Crippen molar-refractivity contribution in [1.82, 2.24) is 10.2 Å². The Bertz CT molecular complexity index is 646. The van der Waals surface area contributed by atoms with E-state index in [1.807, 2.05) is 74.5 Å². The van der Waals surface area contributed by atoms with E-state index in [0.717, 1.165) is 11.1 Å². The van der Waals surface area contributed by atoms with E-state index in [1.165, 1.54) is 0 Å². The lowest BCUT2D eigenvalue weighted by atomic mass is 9.98. The second-order valence-electron chi connectivity index (χ2n) is 6.81. The molecule has 0 aromatic heterocycles. The molecular weight excluding hydrogens is 300 g/mol. The van der Waals surface area contributed by atoms with Crippen molar-refractivity contribution < 1.29 is 9.90 Å². The molecule has 2 amide bonds. The quantitative estimate of drug-likeness (QED) is 0.910. The van der Waals surface area contributed by atoms with Gasteiger partial charge in [0, 0.05) is 6.54 Å². The number of nitrogens with zero attached hydrogens (tertiary/aromatic N) is 1. The second kappa shape index (κ2) is 6.65. The highest BCUT2D eigenvalue weighted by Gasteiger charge is 2.43. The summed E-state index contributed by atoms with van der Waals surface area (Å²) in [6, 6.07) is 19.5. The Morgan fingerprint density at radius 1 is 1.08 bits per heavy atom. The van der Waals surface area contributed by atoms with Crippen molar-refractivity contribution in [3.05, 3.63) is 71.8 Å². The number of hydrogen-bond acceptors (Lipinski definition) is 2. The maximum absolute atomic E-state index is 12.9. The first-order valence-electron chi connectivity index (χ1n) is 8.36. The van der Waals surface area contributed by atoms with Gasteiger partial charge in [0.1, 0.15) is 0 Å². The molecular formula is C20H24N2O2. The Morgan fingerprint density at radius 3 is 2.00 bits per heavy atom. The topological polar surface area (TPSA) is 52.6 Å². The van der Waals surface area contributed by atoms with Crippen molar-refractivity contribution >= 4 is 6.03 Å². The van der Waals surface area contributed by atoms with E-state index in [0.29, 0.717) is 13.0 Å². The first-order chi connectivity index (χ1) is 11.5. The zero-order valence-corrected chi connectivity index (χ0v) is 14.1. The van der Waals surface area contributed by atoms with Crippen molar-refractivity contribution in [1.29, 1.82) is 0 Å². The van der Waals surface area contributed by atoms with E-state index in [1.54, 1.807) is 4.90 Å². The van der Waals surface area contributed by atoms with Gasteiger partial charge in [-0.3, -0.25) is 0 Å². The van der Waals surface area contributed by atoms with Crippen LogP contribution >= 0.6 is 0 Å². The van der Waals surface area contributed by atoms with E-state index in [2.05, 4.69) is 5.32 Å². The minimum absolute atomic E-state index is 0.144. The van der Waals surface area contributed by atoms with Gasteiger partial charge in [0.05, 0.1) is 17.7 Å². The summed E-state index contributed by atoms with van der Waals surface area (Å²) in [5.74, 6) is 0. The first-order valence-corrected chi connectivity index (χ1v) is 8.36. The van der Waals surface area contributed by atoms with Crippen molar-refractivity contribution in [2.75, 3.05) is 6.54 Å². The molecule has 4 nitrogen and oxygen atoms in total. The fourth-order valence-corrected chi connectivity index (χ4v) is 3.29. The van der Waals surface area contributed by atoms with Gasteiger partial charge in [-0.15, -0.1) is 0 Å². The molecule has 2 N–H and O–H groups in total. The molecule has 1 unspecified atom stereocenters. The lowest BCUT2D eigenvalue weighted by molar-refractivity contribution is 0.0692. The molecule has 0 bridgehead atoms. The number of hydrogen-bond donors (Lipinski definition) is 2. The Labute approximate surface area is 143 Å². The molecule has 4 heteroatoms. The number of benzene rings is 2. The van der Waals surface area contributed by atoms with Gasteiger partial charge in [0.2, 0.25) is 0 Å². The Kier molecular flexibility index (Phi) is 4.58. The molecule has 1 heterocycles. The first kappa shape index (κ1) is 16.5. The summed E-state index contributed by atoms with van der Waals surface area (Å²) >= 11 is 0. The SMILES string of the molecule is CC1(C)C(O)CCN1C(=O)NC(c1ccccc1)c1ccccc1. The lowest BCUT2D eigenvalue weighted by Gasteiger charge is -2.35. The molecule has 0 radical (unpaired) electrons. The van der Waals surface area contributed by atoms with Crippen LogP contribution in [0.2, 0.25) is 0 Å². The zero-order valence-electron chi connectivity index (χ0n) is 14.1. The van der Waals surface area contributed by atoms with Crippen LogP contribution < -0.4 is 5.32 Å². The number of aliphatic hydroxyl groups excluding tert-OH is 1. The van der Waals surface area contributed by atoms with Gasteiger partial charge in [-0.05, 0) is 31.4 Å². The number of amides is 2. The smallest absolute Gasteiger partial charge is 0.318 e. The number of urea groups is 1. The minimum Gasteiger partial charge on any atom is -0.391 e. The summed E-state index contributed by atoms with van der Waals surface area (Å²) in [5.41, 5.74) is 1.52. The highest BCUT2D eigenvalue weighted by molar-refractivity contribution is 5.76. The number of nitrogens with one attached hydrogen (secondary N) is 1. The molecule has 1 aliphatic rings. The number of aliphatic hydroxyl groups is 1. The van der Waals surface area contributed by atoms with E-state index < -0.39 is 11.6 Å². The average Bonchev–Trinajstić information content (AvgIpc) is 2.87. The third-order valence-corrected chi connectivity index (χ3v) is 4.92. The van der Waals surface area contributed by atoms with Gasteiger partial charge < -0.3 is 15.3 Å². The second-order valence-corrected chi connectivity index (χ2v) is 6.81. The normalized spacial score (nSPS) is 19.5. The van der Waals surface area contributed by atoms with Crippen molar-refractivity contribution in [2.45, 2.75) is 38.0 Å². The molecule has 0 spiro atoms. The number of carbonyl (C=O) groups is 1. The van der Waals surface area contributed by atoms with Gasteiger partial charge in [-0.1, -0.05) is 60.7 Å². The molecule has 3 rings (SSSR count). The van der Waals surface area contributed by atoms with Crippen LogP contribution in [0.15, 0.2) is 60.7 Å². The third kappa shape index (κ3) is 3.15. The molecule has 2 aromatic carbocycles. The van der Waals surface area contributed by atoms with Gasteiger partial charge in [0.15, 0.2) is 0 Å². The zero-order chi connectivity index (χ0) is 17.2. The highest BCUT2D eigenvalue weighted by Crippen LogP contribution is 2.30. The lowest BCUT2D eigenvalue weighted by Crippen LogP contribution is -2.52. The molecule has 24 heavy (non-hydrogen) atoms. The fraction of sp³-hybridized carbons (Fsp3) is 0.350. The fourth-order valence-electron chi connectivity index (χ4n) is 3.29. The maximum Gasteiger partial charge on any atom is 0.318 e. The summed E-state index contributed by atoms with van der Waals surface area (Å²) in [6.07, 6.45) is 0.122. The van der Waals surface area contributed by atoms with Crippen LogP contribution in [0.1, 0.15) is 37.4 Å². The summed E-state index contributed by atoms with van der Waals surface area (Å²) in [5, 5.41) is 13.3. The van der Waals surface area contributed by atoms with Crippen LogP contribution in [0.4, 0.5) is 4.79 Å². The van der Waals surface area contributed by atoms with Gasteiger partial charge in [-0.2, -0.15) is 0 Å².